The van der Waals surface area contributed by atoms with Crippen LogP contribution in [0, 0.1) is 0 Å². The van der Waals surface area contributed by atoms with E-state index >= 15 is 0 Å². The molecular formula is C17H17N5O2. The molecule has 1 N–H and O–H groups in total. The number of carbonyl (C=O) groups excluding carboxylic acids is 1. The van der Waals surface area contributed by atoms with Crippen LogP contribution in [0.3, 0.4) is 0 Å². The molecule has 0 saturated carbocycles. The lowest BCUT2D eigenvalue weighted by molar-refractivity contribution is 0.0737. The number of carbonyl (C=O) groups is 1. The average molecular weight is 323 g/mol. The number of para-hydroxylation sites is 1. The fraction of sp³-hybridized carbons (Fsp3) is 0.176. The van der Waals surface area contributed by atoms with Gasteiger partial charge in [-0.3, -0.25) is 4.79 Å². The molecule has 0 aliphatic carbocycles. The normalized spacial score (nSPS) is 11.8. The van der Waals surface area contributed by atoms with Gasteiger partial charge >= 0.3 is 0 Å². The molecule has 0 bridgehead atoms. The van der Waals surface area contributed by atoms with Crippen molar-refractivity contribution in [3.63, 3.8) is 0 Å². The summed E-state index contributed by atoms with van der Waals surface area (Å²) in [4.78, 5) is 22.5. The Morgan fingerprint density at radius 2 is 1.88 bits per heavy atom. The number of hydrogen-bond donors (Lipinski definition) is 1. The summed E-state index contributed by atoms with van der Waals surface area (Å²) in [5.74, 6) is 0.252. The van der Waals surface area contributed by atoms with Gasteiger partial charge in [0.15, 0.2) is 0 Å². The quantitative estimate of drug-likeness (QED) is 0.777. The molecule has 0 unspecified atom stereocenters. The largest absolute Gasteiger partial charge is 0.364 e. The third kappa shape index (κ3) is 3.40. The molecule has 1 amide bonds. The summed E-state index contributed by atoms with van der Waals surface area (Å²) in [6, 6.07) is 11.1. The Balaban J connectivity index is 1.69. The summed E-state index contributed by atoms with van der Waals surface area (Å²) in [6.07, 6.45) is 4.50. The van der Waals surface area contributed by atoms with Gasteiger partial charge in [0.05, 0.1) is 11.6 Å². The van der Waals surface area contributed by atoms with Gasteiger partial charge in [-0.05, 0) is 19.1 Å². The molecule has 0 fully saturated rings. The maximum absolute atomic E-state index is 12.5. The van der Waals surface area contributed by atoms with Crippen LogP contribution in [0.2, 0.25) is 0 Å². The van der Waals surface area contributed by atoms with Gasteiger partial charge in [0.2, 0.25) is 5.95 Å². The summed E-state index contributed by atoms with van der Waals surface area (Å²) in [6.45, 7) is 1.88. The van der Waals surface area contributed by atoms with Crippen molar-refractivity contribution >= 4 is 17.5 Å². The number of anilines is 2. The predicted octanol–water partition coefficient (Wildman–Crippen LogP) is 3.04. The van der Waals surface area contributed by atoms with E-state index in [1.165, 1.54) is 18.7 Å². The van der Waals surface area contributed by atoms with E-state index in [4.69, 9.17) is 4.52 Å². The van der Waals surface area contributed by atoms with Crippen molar-refractivity contribution in [1.29, 1.82) is 0 Å². The fourth-order valence-corrected chi connectivity index (χ4v) is 2.17. The Bertz CT molecular complexity index is 788. The van der Waals surface area contributed by atoms with Crippen LogP contribution in [-0.4, -0.2) is 33.0 Å². The number of aromatic nitrogens is 3. The minimum absolute atomic E-state index is 0.184. The molecule has 1 aromatic carbocycles. The molecule has 2 heterocycles. The van der Waals surface area contributed by atoms with Crippen molar-refractivity contribution in [1.82, 2.24) is 20.0 Å². The Labute approximate surface area is 139 Å². The van der Waals surface area contributed by atoms with E-state index in [1.54, 1.807) is 18.0 Å². The summed E-state index contributed by atoms with van der Waals surface area (Å²) < 4.78 is 4.82. The van der Waals surface area contributed by atoms with Gasteiger partial charge in [0.25, 0.3) is 5.91 Å². The highest BCUT2D eigenvalue weighted by Crippen LogP contribution is 2.19. The van der Waals surface area contributed by atoms with E-state index < -0.39 is 0 Å². The zero-order chi connectivity index (χ0) is 16.9. The Hall–Kier alpha value is -3.22. The van der Waals surface area contributed by atoms with E-state index in [9.17, 15) is 4.79 Å². The Kier molecular flexibility index (Phi) is 4.51. The third-order valence-corrected chi connectivity index (χ3v) is 3.72. The third-order valence-electron chi connectivity index (χ3n) is 3.72. The van der Waals surface area contributed by atoms with E-state index in [0.29, 0.717) is 17.2 Å². The molecule has 3 rings (SSSR count). The van der Waals surface area contributed by atoms with Crippen molar-refractivity contribution in [2.45, 2.75) is 13.0 Å². The lowest BCUT2D eigenvalue weighted by Crippen LogP contribution is -2.30. The first-order valence-corrected chi connectivity index (χ1v) is 7.46. The van der Waals surface area contributed by atoms with E-state index in [-0.39, 0.29) is 11.9 Å². The maximum Gasteiger partial charge on any atom is 0.257 e. The van der Waals surface area contributed by atoms with E-state index in [0.717, 1.165) is 5.69 Å². The first-order valence-electron chi connectivity index (χ1n) is 7.46. The molecule has 0 radical (unpaired) electrons. The van der Waals surface area contributed by atoms with Gasteiger partial charge in [0.1, 0.15) is 12.0 Å². The van der Waals surface area contributed by atoms with Gasteiger partial charge in [-0.1, -0.05) is 23.4 Å². The Morgan fingerprint density at radius 3 is 2.50 bits per heavy atom. The Morgan fingerprint density at radius 1 is 1.17 bits per heavy atom. The predicted molar refractivity (Wildman–Crippen MR) is 88.8 cm³/mol. The van der Waals surface area contributed by atoms with Crippen molar-refractivity contribution in [2.75, 3.05) is 12.4 Å². The zero-order valence-corrected chi connectivity index (χ0v) is 13.4. The maximum atomic E-state index is 12.5. The molecular weight excluding hydrogens is 306 g/mol. The average Bonchev–Trinajstić information content (AvgIpc) is 3.16. The summed E-state index contributed by atoms with van der Waals surface area (Å²) in [7, 11) is 1.71. The summed E-state index contributed by atoms with van der Waals surface area (Å²) in [5, 5.41) is 6.94. The van der Waals surface area contributed by atoms with Crippen LogP contribution in [0.25, 0.3) is 0 Å². The van der Waals surface area contributed by atoms with E-state index in [1.807, 2.05) is 37.3 Å². The SMILES string of the molecule is C[C@@H](c1ccon1)N(C)C(=O)c1cnc(Nc2ccccc2)nc1. The molecule has 122 valence electrons. The second-order valence-corrected chi connectivity index (χ2v) is 5.30. The minimum Gasteiger partial charge on any atom is -0.364 e. The standard InChI is InChI=1S/C17H17N5O2/c1-12(15-8-9-24-21-15)22(2)16(23)13-10-18-17(19-11-13)20-14-6-4-3-5-7-14/h3-12H,1-2H3,(H,18,19,20)/t12-/m0/s1. The van der Waals surface area contributed by atoms with E-state index in [2.05, 4.69) is 20.4 Å². The van der Waals surface area contributed by atoms with Crippen LogP contribution < -0.4 is 5.32 Å². The molecule has 1 atom stereocenters. The van der Waals surface area contributed by atoms with Crippen molar-refractivity contribution in [2.24, 2.45) is 0 Å². The van der Waals surface area contributed by atoms with Crippen LogP contribution in [-0.2, 0) is 0 Å². The van der Waals surface area contributed by atoms with Crippen molar-refractivity contribution in [3.8, 4) is 0 Å². The lowest BCUT2D eigenvalue weighted by atomic mass is 10.2. The number of nitrogens with one attached hydrogen (secondary N) is 1. The summed E-state index contributed by atoms with van der Waals surface area (Å²) >= 11 is 0. The number of nitrogens with zero attached hydrogens (tertiary/aromatic N) is 4. The molecule has 0 spiro atoms. The second kappa shape index (κ2) is 6.91. The number of benzene rings is 1. The highest BCUT2D eigenvalue weighted by molar-refractivity contribution is 5.93. The number of rotatable bonds is 5. The highest BCUT2D eigenvalue weighted by atomic mass is 16.5. The minimum atomic E-state index is -0.210. The molecule has 0 saturated heterocycles. The van der Waals surface area contributed by atoms with Gasteiger partial charge in [-0.25, -0.2) is 9.97 Å². The van der Waals surface area contributed by atoms with Gasteiger partial charge in [-0.2, -0.15) is 0 Å². The van der Waals surface area contributed by atoms with Crippen molar-refractivity contribution in [3.05, 3.63) is 66.3 Å². The van der Waals surface area contributed by atoms with Gasteiger partial charge in [-0.15, -0.1) is 0 Å². The van der Waals surface area contributed by atoms with Crippen molar-refractivity contribution < 1.29 is 9.32 Å². The van der Waals surface area contributed by atoms with Crippen LogP contribution >= 0.6 is 0 Å². The van der Waals surface area contributed by atoms with Gasteiger partial charge in [0, 0.05) is 31.2 Å². The molecule has 7 nitrogen and oxygen atoms in total. The van der Waals surface area contributed by atoms with Gasteiger partial charge < -0.3 is 14.7 Å². The van der Waals surface area contributed by atoms with Crippen LogP contribution in [0.15, 0.2) is 59.6 Å². The smallest absolute Gasteiger partial charge is 0.257 e. The molecule has 3 aromatic rings. The first kappa shape index (κ1) is 15.7. The van der Waals surface area contributed by atoms with Crippen LogP contribution in [0.4, 0.5) is 11.6 Å². The van der Waals surface area contributed by atoms with Crippen LogP contribution in [0.5, 0.6) is 0 Å². The molecule has 24 heavy (non-hydrogen) atoms. The molecule has 0 aliphatic rings. The topological polar surface area (TPSA) is 84.2 Å². The fourth-order valence-electron chi connectivity index (χ4n) is 2.17. The highest BCUT2D eigenvalue weighted by Gasteiger charge is 2.21. The zero-order valence-electron chi connectivity index (χ0n) is 13.4. The first-order chi connectivity index (χ1) is 11.6. The molecule has 7 heteroatoms. The molecule has 0 aliphatic heterocycles. The monoisotopic (exact) mass is 323 g/mol. The number of hydrogen-bond acceptors (Lipinski definition) is 6. The van der Waals surface area contributed by atoms with Crippen LogP contribution in [0.1, 0.15) is 29.0 Å². The number of amides is 1. The summed E-state index contributed by atoms with van der Waals surface area (Å²) in [5.41, 5.74) is 1.98. The second-order valence-electron chi connectivity index (χ2n) is 5.30. The lowest BCUT2D eigenvalue weighted by Gasteiger charge is -2.22. The molecule has 2 aromatic heterocycles.